The maximum absolute atomic E-state index is 12.3. The topological polar surface area (TPSA) is 70.6 Å². The van der Waals surface area contributed by atoms with Crippen LogP contribution in [0.25, 0.3) is 0 Å². The van der Waals surface area contributed by atoms with Crippen molar-refractivity contribution in [3.63, 3.8) is 0 Å². The summed E-state index contributed by atoms with van der Waals surface area (Å²) in [6, 6.07) is 14.0. The van der Waals surface area contributed by atoms with Crippen molar-refractivity contribution in [1.29, 1.82) is 0 Å². The van der Waals surface area contributed by atoms with Crippen molar-refractivity contribution in [1.82, 2.24) is 0 Å². The molecule has 2 heterocycles. The summed E-state index contributed by atoms with van der Waals surface area (Å²) in [4.78, 5) is 29.0. The van der Waals surface area contributed by atoms with E-state index < -0.39 is 0 Å². The number of anilines is 2. The van der Waals surface area contributed by atoms with E-state index in [1.165, 1.54) is 11.3 Å². The summed E-state index contributed by atoms with van der Waals surface area (Å²) in [6.45, 7) is 0. The summed E-state index contributed by atoms with van der Waals surface area (Å²) < 4.78 is 0. The zero-order valence-electron chi connectivity index (χ0n) is 14.0. The molecule has 2 N–H and O–H groups in total. The van der Waals surface area contributed by atoms with Gasteiger partial charge in [0.15, 0.2) is 0 Å². The fourth-order valence-corrected chi connectivity index (χ4v) is 3.54. The van der Waals surface area contributed by atoms with Crippen LogP contribution >= 0.6 is 22.9 Å². The highest BCUT2D eigenvalue weighted by Gasteiger charge is 2.17. The number of nitrogens with one attached hydrogen (secondary N) is 2. The molecule has 1 aliphatic heterocycles. The van der Waals surface area contributed by atoms with Gasteiger partial charge in [0.2, 0.25) is 5.91 Å². The Kier molecular flexibility index (Phi) is 4.75. The third-order valence-corrected chi connectivity index (χ3v) is 5.06. The van der Waals surface area contributed by atoms with Gasteiger partial charge in [0.25, 0.3) is 5.91 Å². The molecule has 0 saturated carbocycles. The first-order valence-corrected chi connectivity index (χ1v) is 9.51. The molecule has 0 radical (unpaired) electrons. The van der Waals surface area contributed by atoms with Crippen molar-refractivity contribution in [2.75, 3.05) is 10.6 Å². The SMILES string of the molecule is O=C1CC(c2ccc(NC(=O)c3ccc(Cl)cc3)cc2)=Nc2cscc2N1. The van der Waals surface area contributed by atoms with Gasteiger partial charge in [-0.15, -0.1) is 11.3 Å². The first kappa shape index (κ1) is 17.5. The van der Waals surface area contributed by atoms with Crippen LogP contribution in [0.1, 0.15) is 22.3 Å². The molecule has 3 aromatic rings. The van der Waals surface area contributed by atoms with Crippen LogP contribution in [0.3, 0.4) is 0 Å². The molecule has 0 aliphatic carbocycles. The van der Waals surface area contributed by atoms with Gasteiger partial charge in [0, 0.05) is 27.0 Å². The van der Waals surface area contributed by atoms with Gasteiger partial charge in [-0.3, -0.25) is 9.59 Å². The lowest BCUT2D eigenvalue weighted by molar-refractivity contribution is -0.115. The maximum Gasteiger partial charge on any atom is 0.255 e. The van der Waals surface area contributed by atoms with Gasteiger partial charge in [-0.25, -0.2) is 4.99 Å². The Balaban J connectivity index is 1.53. The summed E-state index contributed by atoms with van der Waals surface area (Å²) in [5.41, 5.74) is 4.23. The summed E-state index contributed by atoms with van der Waals surface area (Å²) in [5, 5.41) is 10.0. The molecule has 0 saturated heterocycles. The third-order valence-electron chi connectivity index (χ3n) is 4.08. The molecule has 0 bridgehead atoms. The van der Waals surface area contributed by atoms with E-state index in [1.807, 2.05) is 22.9 Å². The van der Waals surface area contributed by atoms with Gasteiger partial charge in [-0.05, 0) is 42.0 Å². The zero-order valence-corrected chi connectivity index (χ0v) is 15.6. The summed E-state index contributed by atoms with van der Waals surface area (Å²) in [7, 11) is 0. The van der Waals surface area contributed by atoms with Crippen LogP contribution in [0.4, 0.5) is 17.1 Å². The van der Waals surface area contributed by atoms with Crippen molar-refractivity contribution in [3.8, 4) is 0 Å². The molecule has 4 rings (SSSR count). The molecule has 1 aliphatic rings. The lowest BCUT2D eigenvalue weighted by Gasteiger charge is -2.08. The Bertz CT molecular complexity index is 1040. The van der Waals surface area contributed by atoms with Crippen molar-refractivity contribution >= 4 is 57.5 Å². The Morgan fingerprint density at radius 2 is 1.81 bits per heavy atom. The van der Waals surface area contributed by atoms with E-state index in [2.05, 4.69) is 15.6 Å². The Labute approximate surface area is 164 Å². The largest absolute Gasteiger partial charge is 0.323 e. The second-order valence-electron chi connectivity index (χ2n) is 5.99. The fourth-order valence-electron chi connectivity index (χ4n) is 2.72. The number of aliphatic imine (C=N–C) groups is 1. The number of halogens is 1. The van der Waals surface area contributed by atoms with Crippen LogP contribution in [-0.2, 0) is 4.79 Å². The Hall–Kier alpha value is -2.96. The van der Waals surface area contributed by atoms with E-state index in [4.69, 9.17) is 11.6 Å². The molecule has 134 valence electrons. The van der Waals surface area contributed by atoms with Gasteiger partial charge in [0.05, 0.1) is 23.5 Å². The molecular weight excluding hydrogens is 382 g/mol. The molecule has 7 heteroatoms. The molecule has 0 fully saturated rings. The average Bonchev–Trinajstić information content (AvgIpc) is 3.02. The van der Waals surface area contributed by atoms with Crippen LogP contribution in [0, 0.1) is 0 Å². The standard InChI is InChI=1S/C20H14ClN3O2S/c21-14-5-1-13(2-6-14)20(26)22-15-7-3-12(4-8-15)16-9-19(25)24-18-11-27-10-17(18)23-16/h1-8,10-11H,9H2,(H,22,26)(H,24,25). The van der Waals surface area contributed by atoms with Gasteiger partial charge >= 0.3 is 0 Å². The number of fused-ring (bicyclic) bond motifs is 1. The lowest BCUT2D eigenvalue weighted by Crippen LogP contribution is -2.15. The van der Waals surface area contributed by atoms with Gasteiger partial charge in [-0.2, -0.15) is 0 Å². The maximum atomic E-state index is 12.3. The van der Waals surface area contributed by atoms with Crippen LogP contribution in [-0.4, -0.2) is 17.5 Å². The highest BCUT2D eigenvalue weighted by Crippen LogP contribution is 2.32. The number of benzene rings is 2. The van der Waals surface area contributed by atoms with Crippen molar-refractivity contribution < 1.29 is 9.59 Å². The summed E-state index contributed by atoms with van der Waals surface area (Å²) >= 11 is 7.34. The van der Waals surface area contributed by atoms with Gasteiger partial charge in [-0.1, -0.05) is 23.7 Å². The first-order chi connectivity index (χ1) is 13.1. The quantitative estimate of drug-likeness (QED) is 0.646. The molecule has 2 amide bonds. The minimum absolute atomic E-state index is 0.0917. The number of hydrogen-bond acceptors (Lipinski definition) is 4. The fraction of sp³-hybridized carbons (Fsp3) is 0.0500. The molecule has 5 nitrogen and oxygen atoms in total. The van der Waals surface area contributed by atoms with Crippen LogP contribution < -0.4 is 10.6 Å². The van der Waals surface area contributed by atoms with E-state index in [0.29, 0.717) is 22.0 Å². The number of nitrogens with zero attached hydrogens (tertiary/aromatic N) is 1. The number of carbonyl (C=O) groups is 2. The predicted molar refractivity (Wildman–Crippen MR) is 110 cm³/mol. The lowest BCUT2D eigenvalue weighted by atomic mass is 10.1. The number of carbonyl (C=O) groups excluding carboxylic acids is 2. The highest BCUT2D eigenvalue weighted by atomic mass is 35.5. The average molecular weight is 396 g/mol. The molecular formula is C20H14ClN3O2S. The second kappa shape index (κ2) is 7.34. The van der Waals surface area contributed by atoms with E-state index in [0.717, 1.165) is 16.9 Å². The summed E-state index contributed by atoms with van der Waals surface area (Å²) in [5.74, 6) is -0.306. The van der Waals surface area contributed by atoms with E-state index in [1.54, 1.807) is 36.4 Å². The van der Waals surface area contributed by atoms with E-state index in [-0.39, 0.29) is 18.2 Å². The zero-order chi connectivity index (χ0) is 18.8. The molecule has 2 aromatic carbocycles. The van der Waals surface area contributed by atoms with E-state index in [9.17, 15) is 9.59 Å². The van der Waals surface area contributed by atoms with Crippen molar-refractivity contribution in [3.05, 3.63) is 75.4 Å². The minimum Gasteiger partial charge on any atom is -0.323 e. The van der Waals surface area contributed by atoms with Gasteiger partial charge in [0.1, 0.15) is 0 Å². The van der Waals surface area contributed by atoms with Crippen LogP contribution in [0.5, 0.6) is 0 Å². The molecule has 0 atom stereocenters. The summed E-state index contributed by atoms with van der Waals surface area (Å²) in [6.07, 6.45) is 0.204. The third kappa shape index (κ3) is 3.92. The first-order valence-electron chi connectivity index (χ1n) is 8.19. The smallest absolute Gasteiger partial charge is 0.255 e. The molecule has 0 unspecified atom stereocenters. The Morgan fingerprint density at radius 3 is 2.56 bits per heavy atom. The highest BCUT2D eigenvalue weighted by molar-refractivity contribution is 7.09. The van der Waals surface area contributed by atoms with Crippen LogP contribution in [0.15, 0.2) is 64.3 Å². The number of amides is 2. The number of hydrogen-bond donors (Lipinski definition) is 2. The molecule has 27 heavy (non-hydrogen) atoms. The van der Waals surface area contributed by atoms with E-state index >= 15 is 0 Å². The minimum atomic E-state index is -0.214. The van der Waals surface area contributed by atoms with Gasteiger partial charge < -0.3 is 10.6 Å². The van der Waals surface area contributed by atoms with Crippen molar-refractivity contribution in [2.45, 2.75) is 6.42 Å². The number of rotatable bonds is 3. The monoisotopic (exact) mass is 395 g/mol. The predicted octanol–water partition coefficient (Wildman–Crippen LogP) is 5.12. The molecule has 1 aromatic heterocycles. The van der Waals surface area contributed by atoms with Crippen LogP contribution in [0.2, 0.25) is 5.02 Å². The second-order valence-corrected chi connectivity index (χ2v) is 7.17. The number of thiophene rings is 1. The van der Waals surface area contributed by atoms with Crippen molar-refractivity contribution in [2.24, 2.45) is 4.99 Å². The normalized spacial score (nSPS) is 13.2. The Morgan fingerprint density at radius 1 is 1.07 bits per heavy atom. The molecule has 0 spiro atoms.